The van der Waals surface area contributed by atoms with Crippen LogP contribution in [0.5, 0.6) is 0 Å². The summed E-state index contributed by atoms with van der Waals surface area (Å²) in [6.45, 7) is 4.44. The van der Waals surface area contributed by atoms with Crippen LogP contribution in [0.25, 0.3) is 48.6 Å². The zero-order valence-corrected chi connectivity index (χ0v) is 19.7. The molecule has 0 aliphatic rings. The van der Waals surface area contributed by atoms with E-state index in [0.29, 0.717) is 0 Å². The predicted molar refractivity (Wildman–Crippen MR) is 145 cm³/mol. The van der Waals surface area contributed by atoms with Crippen LogP contribution in [-0.2, 0) is 6.42 Å². The number of hydrogen-bond donors (Lipinski definition) is 1. The van der Waals surface area contributed by atoms with Crippen LogP contribution in [0.1, 0.15) is 29.9 Å². The van der Waals surface area contributed by atoms with Gasteiger partial charge in [-0.05, 0) is 64.8 Å². The quantitative estimate of drug-likeness (QED) is 0.279. The van der Waals surface area contributed by atoms with Gasteiger partial charge in [0, 0.05) is 31.4 Å². The zero-order valence-electron chi connectivity index (χ0n) is 18.9. The molecule has 2 heterocycles. The molecule has 6 rings (SSSR count). The van der Waals surface area contributed by atoms with Crippen molar-refractivity contribution < 1.29 is 0 Å². The van der Waals surface area contributed by atoms with Gasteiger partial charge in [-0.2, -0.15) is 0 Å². The van der Waals surface area contributed by atoms with E-state index in [1.54, 1.807) is 0 Å². The molecule has 0 saturated carbocycles. The number of rotatable bonds is 4. The third kappa shape index (κ3) is 3.21. The number of nitrogens with one attached hydrogen (secondary N) is 1. The van der Waals surface area contributed by atoms with E-state index in [2.05, 4.69) is 116 Å². The molecule has 4 aromatic carbocycles. The molecule has 0 fully saturated rings. The van der Waals surface area contributed by atoms with Gasteiger partial charge in [0.15, 0.2) is 0 Å². The number of para-hydroxylation sites is 1. The first-order chi connectivity index (χ1) is 16.3. The molecule has 0 radical (unpaired) electrons. The summed E-state index contributed by atoms with van der Waals surface area (Å²) in [7, 11) is 0. The van der Waals surface area contributed by atoms with Gasteiger partial charge in [-0.15, -0.1) is 11.3 Å². The highest BCUT2D eigenvalue weighted by atomic mass is 32.1. The second kappa shape index (κ2) is 8.06. The maximum atomic E-state index is 3.55. The number of H-pyrrole nitrogens is 1. The summed E-state index contributed by atoms with van der Waals surface area (Å²) in [4.78, 5) is 4.94. The number of benzene rings is 4. The zero-order chi connectivity index (χ0) is 22.4. The maximum Gasteiger partial charge on any atom is 0.0465 e. The van der Waals surface area contributed by atoms with Crippen molar-refractivity contribution in [1.82, 2.24) is 4.98 Å². The Morgan fingerprint density at radius 1 is 0.788 bits per heavy atom. The van der Waals surface area contributed by atoms with E-state index in [0.717, 1.165) is 6.42 Å². The van der Waals surface area contributed by atoms with Crippen molar-refractivity contribution in [2.45, 2.75) is 20.3 Å². The fraction of sp³-hybridized carbons (Fsp3) is 0.0968. The van der Waals surface area contributed by atoms with Gasteiger partial charge in [0.05, 0.1) is 0 Å². The van der Waals surface area contributed by atoms with Crippen molar-refractivity contribution in [2.75, 3.05) is 0 Å². The van der Waals surface area contributed by atoms with E-state index in [-0.39, 0.29) is 0 Å². The number of aromatic amines is 1. The average molecular weight is 444 g/mol. The second-order valence-electron chi connectivity index (χ2n) is 8.44. The minimum absolute atomic E-state index is 1.01. The van der Waals surface area contributed by atoms with Crippen molar-refractivity contribution in [1.29, 1.82) is 0 Å². The molecule has 1 N–H and O–H groups in total. The van der Waals surface area contributed by atoms with Crippen LogP contribution in [0.15, 0.2) is 97.1 Å². The van der Waals surface area contributed by atoms with Gasteiger partial charge < -0.3 is 4.98 Å². The SMILES string of the molecule is CC=C(c1ccc2[nH]c3ccccc3c2c1)c1sc2c(-c3ccccc3)cccc2c1CC. The van der Waals surface area contributed by atoms with Gasteiger partial charge in [-0.3, -0.25) is 0 Å². The third-order valence-electron chi connectivity index (χ3n) is 6.61. The lowest BCUT2D eigenvalue weighted by Gasteiger charge is -2.09. The first-order valence-electron chi connectivity index (χ1n) is 11.6. The summed E-state index contributed by atoms with van der Waals surface area (Å²) in [5, 5.41) is 3.95. The van der Waals surface area contributed by atoms with Crippen molar-refractivity contribution in [2.24, 2.45) is 0 Å². The second-order valence-corrected chi connectivity index (χ2v) is 9.47. The van der Waals surface area contributed by atoms with Crippen molar-refractivity contribution >= 4 is 48.8 Å². The number of thiophene rings is 1. The topological polar surface area (TPSA) is 15.8 Å². The molecule has 2 aromatic heterocycles. The predicted octanol–water partition coefficient (Wildman–Crippen LogP) is 9.22. The Morgan fingerprint density at radius 3 is 2.36 bits per heavy atom. The van der Waals surface area contributed by atoms with E-state index in [1.807, 2.05) is 11.3 Å². The number of allylic oxidation sites excluding steroid dienone is 1. The molecule has 0 aliphatic heterocycles. The Bertz CT molecular complexity index is 1650. The average Bonchev–Trinajstić information content (AvgIpc) is 3.43. The summed E-state index contributed by atoms with van der Waals surface area (Å²) in [6.07, 6.45) is 3.29. The van der Waals surface area contributed by atoms with Crippen LogP contribution >= 0.6 is 11.3 Å². The highest BCUT2D eigenvalue weighted by Crippen LogP contribution is 2.43. The molecule has 0 bridgehead atoms. The van der Waals surface area contributed by atoms with Gasteiger partial charge in [-0.25, -0.2) is 0 Å². The van der Waals surface area contributed by atoms with Crippen molar-refractivity contribution in [3.05, 3.63) is 113 Å². The molecule has 6 aromatic rings. The molecule has 0 amide bonds. The molecular formula is C31H25NS. The van der Waals surface area contributed by atoms with Crippen molar-refractivity contribution in [3.8, 4) is 11.1 Å². The molecule has 2 heteroatoms. The van der Waals surface area contributed by atoms with Crippen LogP contribution in [-0.4, -0.2) is 4.98 Å². The van der Waals surface area contributed by atoms with Crippen LogP contribution in [0, 0.1) is 0 Å². The Balaban J connectivity index is 1.57. The van der Waals surface area contributed by atoms with E-state index >= 15 is 0 Å². The van der Waals surface area contributed by atoms with Crippen LogP contribution in [0.4, 0.5) is 0 Å². The van der Waals surface area contributed by atoms with Crippen molar-refractivity contribution in [3.63, 3.8) is 0 Å². The number of hydrogen-bond acceptors (Lipinski definition) is 1. The standard InChI is InChI=1S/C31H25NS/c1-3-22(21-17-18-29-27(19-21)25-13-8-9-16-28(25)32-29)30-23(4-2)26-15-10-14-24(31(26)33-30)20-11-6-5-7-12-20/h3,5-19,32H,4H2,1-2H3. The first kappa shape index (κ1) is 20.0. The molecule has 0 spiro atoms. The Morgan fingerprint density at radius 2 is 1.55 bits per heavy atom. The minimum Gasteiger partial charge on any atom is -0.355 e. The van der Waals surface area contributed by atoms with Gasteiger partial charge in [0.25, 0.3) is 0 Å². The van der Waals surface area contributed by atoms with E-state index in [9.17, 15) is 0 Å². The lowest BCUT2D eigenvalue weighted by atomic mass is 9.96. The van der Waals surface area contributed by atoms with E-state index in [4.69, 9.17) is 0 Å². The molecule has 160 valence electrons. The van der Waals surface area contributed by atoms with Crippen LogP contribution in [0.2, 0.25) is 0 Å². The van der Waals surface area contributed by atoms with Gasteiger partial charge >= 0.3 is 0 Å². The van der Waals surface area contributed by atoms with Gasteiger partial charge in [-0.1, -0.05) is 85.8 Å². The molecule has 0 aliphatic carbocycles. The number of aromatic nitrogens is 1. The lowest BCUT2D eigenvalue weighted by Crippen LogP contribution is -1.90. The molecule has 0 atom stereocenters. The Hall–Kier alpha value is -3.62. The lowest BCUT2D eigenvalue weighted by molar-refractivity contribution is 1.16. The summed E-state index contributed by atoms with van der Waals surface area (Å²) in [5.41, 5.74) is 9.02. The Labute approximate surface area is 198 Å². The largest absolute Gasteiger partial charge is 0.355 e. The fourth-order valence-corrected chi connectivity index (χ4v) is 6.55. The van der Waals surface area contributed by atoms with Crippen LogP contribution < -0.4 is 0 Å². The van der Waals surface area contributed by atoms with Crippen LogP contribution in [0.3, 0.4) is 0 Å². The fourth-order valence-electron chi connectivity index (χ4n) is 5.03. The maximum absolute atomic E-state index is 3.55. The normalized spacial score (nSPS) is 12.2. The van der Waals surface area contributed by atoms with E-state index < -0.39 is 0 Å². The molecule has 33 heavy (non-hydrogen) atoms. The summed E-state index contributed by atoms with van der Waals surface area (Å²) in [6, 6.07) is 32.9. The molecular weight excluding hydrogens is 418 g/mol. The summed E-state index contributed by atoms with van der Waals surface area (Å²) < 4.78 is 1.38. The first-order valence-corrected chi connectivity index (χ1v) is 12.4. The monoisotopic (exact) mass is 443 g/mol. The highest BCUT2D eigenvalue weighted by molar-refractivity contribution is 7.21. The summed E-state index contributed by atoms with van der Waals surface area (Å²) >= 11 is 1.93. The molecule has 0 unspecified atom stereocenters. The number of aryl methyl sites for hydroxylation is 1. The molecule has 1 nitrogen and oxygen atoms in total. The molecule has 0 saturated heterocycles. The minimum atomic E-state index is 1.01. The highest BCUT2D eigenvalue weighted by Gasteiger charge is 2.18. The Kier molecular flexibility index (Phi) is 4.89. The smallest absolute Gasteiger partial charge is 0.0465 e. The third-order valence-corrected chi connectivity index (χ3v) is 7.92. The van der Waals surface area contributed by atoms with E-state index in [1.165, 1.54) is 64.6 Å². The number of fused-ring (bicyclic) bond motifs is 4. The van der Waals surface area contributed by atoms with Gasteiger partial charge in [0.1, 0.15) is 0 Å². The summed E-state index contributed by atoms with van der Waals surface area (Å²) in [5.74, 6) is 0. The van der Waals surface area contributed by atoms with Gasteiger partial charge in [0.2, 0.25) is 0 Å².